The van der Waals surface area contributed by atoms with Crippen LogP contribution >= 0.6 is 0 Å². The second kappa shape index (κ2) is 6.29. The van der Waals surface area contributed by atoms with Crippen molar-refractivity contribution in [3.63, 3.8) is 0 Å². The van der Waals surface area contributed by atoms with Crippen LogP contribution in [0, 0.1) is 10.1 Å². The highest BCUT2D eigenvalue weighted by atomic mass is 16.6. The summed E-state index contributed by atoms with van der Waals surface area (Å²) in [6.45, 7) is 3.00. The summed E-state index contributed by atoms with van der Waals surface area (Å²) in [4.78, 5) is 25.8. The van der Waals surface area contributed by atoms with Crippen LogP contribution in [-0.2, 0) is 0 Å². The Bertz CT molecular complexity index is 486. The summed E-state index contributed by atoms with van der Waals surface area (Å²) in [5.41, 5.74) is 1.05. The summed E-state index contributed by atoms with van der Waals surface area (Å²) < 4.78 is 0. The molecule has 0 heterocycles. The Morgan fingerprint density at radius 2 is 1.89 bits per heavy atom. The third-order valence-corrected chi connectivity index (χ3v) is 2.86. The molecule has 0 atom stereocenters. The maximum absolute atomic E-state index is 11.6. The monoisotopic (exact) mass is 265 g/mol. The predicted octanol–water partition coefficient (Wildman–Crippen LogP) is 1.80. The number of nitrogens with zero attached hydrogens (tertiary/aromatic N) is 3. The summed E-state index contributed by atoms with van der Waals surface area (Å²) in [7, 11) is 5.81. The average molecular weight is 265 g/mol. The van der Waals surface area contributed by atoms with E-state index < -0.39 is 4.92 Å². The normalized spacial score (nSPS) is 10.6. The molecule has 0 unspecified atom stereocenters. The van der Waals surface area contributed by atoms with Gasteiger partial charge in [-0.2, -0.15) is 0 Å². The summed E-state index contributed by atoms with van der Waals surface area (Å²) in [6.07, 6.45) is 0. The van der Waals surface area contributed by atoms with Crippen LogP contribution in [-0.4, -0.2) is 49.8 Å². The molecule has 0 bridgehead atoms. The van der Waals surface area contributed by atoms with Gasteiger partial charge in [0.15, 0.2) is 5.78 Å². The number of Topliss-reactive ketones (excluding diaryl/α,β-unsaturated/α-hetero) is 1. The number of hydrogen-bond acceptors (Lipinski definition) is 5. The lowest BCUT2D eigenvalue weighted by Crippen LogP contribution is -2.29. The van der Waals surface area contributed by atoms with E-state index in [4.69, 9.17) is 0 Å². The number of ketones is 1. The quantitative estimate of drug-likeness (QED) is 0.445. The van der Waals surface area contributed by atoms with Crippen molar-refractivity contribution in [2.45, 2.75) is 6.92 Å². The highest BCUT2D eigenvalue weighted by Crippen LogP contribution is 2.25. The fourth-order valence-electron chi connectivity index (χ4n) is 1.72. The van der Waals surface area contributed by atoms with Crippen molar-refractivity contribution in [2.24, 2.45) is 0 Å². The van der Waals surface area contributed by atoms with Crippen molar-refractivity contribution in [1.82, 2.24) is 4.90 Å². The first-order valence-electron chi connectivity index (χ1n) is 5.98. The highest BCUT2D eigenvalue weighted by Gasteiger charge is 2.16. The van der Waals surface area contributed by atoms with Crippen LogP contribution in [0.3, 0.4) is 0 Å². The minimum Gasteiger partial charge on any atom is -0.373 e. The fourth-order valence-corrected chi connectivity index (χ4v) is 1.72. The number of carbonyl (C=O) groups is 1. The first kappa shape index (κ1) is 15.1. The first-order chi connectivity index (χ1) is 8.82. The van der Waals surface area contributed by atoms with Gasteiger partial charge in [-0.1, -0.05) is 0 Å². The number of likely N-dealkylation sites (N-methyl/N-ethyl adjacent to an activating group) is 2. The molecule has 6 nitrogen and oxygen atoms in total. The van der Waals surface area contributed by atoms with E-state index in [0.29, 0.717) is 5.56 Å². The molecular weight excluding hydrogens is 246 g/mol. The molecule has 0 radical (unpaired) electrons. The van der Waals surface area contributed by atoms with Gasteiger partial charge in [-0.15, -0.1) is 0 Å². The third-order valence-electron chi connectivity index (χ3n) is 2.86. The van der Waals surface area contributed by atoms with E-state index in [1.807, 2.05) is 30.9 Å². The zero-order valence-corrected chi connectivity index (χ0v) is 11.7. The standard InChI is InChI=1S/C13H19N3O3/c1-10(17)12-9-11(16(18)19)5-6-13(12)15(4)8-7-14(2)3/h5-6,9H,7-8H2,1-4H3. The van der Waals surface area contributed by atoms with Crippen molar-refractivity contribution in [3.05, 3.63) is 33.9 Å². The van der Waals surface area contributed by atoms with Crippen molar-refractivity contribution >= 4 is 17.2 Å². The lowest BCUT2D eigenvalue weighted by atomic mass is 10.1. The second-order valence-corrected chi connectivity index (χ2v) is 4.74. The molecule has 0 aliphatic carbocycles. The van der Waals surface area contributed by atoms with Crippen molar-refractivity contribution in [3.8, 4) is 0 Å². The van der Waals surface area contributed by atoms with E-state index >= 15 is 0 Å². The summed E-state index contributed by atoms with van der Waals surface area (Å²) >= 11 is 0. The molecule has 0 N–H and O–H groups in total. The Kier molecular flexibility index (Phi) is 5.00. The molecule has 0 spiro atoms. The molecular formula is C13H19N3O3. The Labute approximate surface area is 112 Å². The van der Waals surface area contributed by atoms with Gasteiger partial charge in [0, 0.05) is 43.5 Å². The number of nitro benzene ring substituents is 1. The average Bonchev–Trinajstić information content (AvgIpc) is 2.34. The lowest BCUT2D eigenvalue weighted by Gasteiger charge is -2.23. The molecule has 0 aliphatic rings. The van der Waals surface area contributed by atoms with Gasteiger partial charge in [0.1, 0.15) is 0 Å². The molecule has 6 heteroatoms. The van der Waals surface area contributed by atoms with Crippen LogP contribution in [0.4, 0.5) is 11.4 Å². The van der Waals surface area contributed by atoms with Gasteiger partial charge in [0.25, 0.3) is 5.69 Å². The number of hydrogen-bond donors (Lipinski definition) is 0. The van der Waals surface area contributed by atoms with Gasteiger partial charge in [-0.25, -0.2) is 0 Å². The molecule has 0 saturated heterocycles. The van der Waals surface area contributed by atoms with Gasteiger partial charge in [0.05, 0.1) is 4.92 Å². The van der Waals surface area contributed by atoms with E-state index in [9.17, 15) is 14.9 Å². The van der Waals surface area contributed by atoms with E-state index in [-0.39, 0.29) is 11.5 Å². The van der Waals surface area contributed by atoms with Crippen molar-refractivity contribution in [1.29, 1.82) is 0 Å². The number of carbonyl (C=O) groups excluding carboxylic acids is 1. The molecule has 1 rings (SSSR count). The zero-order valence-electron chi connectivity index (χ0n) is 11.7. The van der Waals surface area contributed by atoms with E-state index in [1.54, 1.807) is 6.07 Å². The highest BCUT2D eigenvalue weighted by molar-refractivity contribution is 6.00. The molecule has 0 aliphatic heterocycles. The van der Waals surface area contributed by atoms with Gasteiger partial charge in [-0.3, -0.25) is 14.9 Å². The maximum Gasteiger partial charge on any atom is 0.270 e. The Morgan fingerprint density at radius 1 is 1.26 bits per heavy atom. The first-order valence-corrected chi connectivity index (χ1v) is 5.98. The zero-order chi connectivity index (χ0) is 14.6. The smallest absolute Gasteiger partial charge is 0.270 e. The summed E-state index contributed by atoms with van der Waals surface area (Å²) in [5, 5.41) is 10.7. The van der Waals surface area contributed by atoms with Crippen LogP contribution < -0.4 is 4.90 Å². The Balaban J connectivity index is 3.06. The van der Waals surface area contributed by atoms with E-state index in [2.05, 4.69) is 0 Å². The number of nitro groups is 1. The van der Waals surface area contributed by atoms with E-state index in [0.717, 1.165) is 18.8 Å². The van der Waals surface area contributed by atoms with Crippen LogP contribution in [0.25, 0.3) is 0 Å². The maximum atomic E-state index is 11.6. The number of non-ortho nitro benzene ring substituents is 1. The Morgan fingerprint density at radius 3 is 2.37 bits per heavy atom. The summed E-state index contributed by atoms with van der Waals surface area (Å²) in [5.74, 6) is -0.171. The van der Waals surface area contributed by atoms with Gasteiger partial charge in [-0.05, 0) is 27.1 Å². The van der Waals surface area contributed by atoms with Gasteiger partial charge < -0.3 is 9.80 Å². The van der Waals surface area contributed by atoms with Gasteiger partial charge >= 0.3 is 0 Å². The molecule has 19 heavy (non-hydrogen) atoms. The third kappa shape index (κ3) is 4.03. The molecule has 104 valence electrons. The largest absolute Gasteiger partial charge is 0.373 e. The van der Waals surface area contributed by atoms with Gasteiger partial charge in [0.2, 0.25) is 0 Å². The lowest BCUT2D eigenvalue weighted by molar-refractivity contribution is -0.384. The minimum atomic E-state index is -0.490. The van der Waals surface area contributed by atoms with Crippen LogP contribution in [0.15, 0.2) is 18.2 Å². The number of rotatable bonds is 6. The van der Waals surface area contributed by atoms with Crippen LogP contribution in [0.2, 0.25) is 0 Å². The molecule has 0 fully saturated rings. The van der Waals surface area contributed by atoms with Crippen molar-refractivity contribution < 1.29 is 9.72 Å². The van der Waals surface area contributed by atoms with Crippen LogP contribution in [0.1, 0.15) is 17.3 Å². The fraction of sp³-hybridized carbons (Fsp3) is 0.462. The molecule has 0 amide bonds. The van der Waals surface area contributed by atoms with E-state index in [1.165, 1.54) is 19.1 Å². The van der Waals surface area contributed by atoms with Crippen LogP contribution in [0.5, 0.6) is 0 Å². The molecule has 1 aromatic rings. The molecule has 1 aromatic carbocycles. The molecule has 0 saturated carbocycles. The second-order valence-electron chi connectivity index (χ2n) is 4.74. The SMILES string of the molecule is CC(=O)c1cc([N+](=O)[O-])ccc1N(C)CCN(C)C. The Hall–Kier alpha value is -1.95. The number of anilines is 1. The topological polar surface area (TPSA) is 66.7 Å². The number of benzene rings is 1. The van der Waals surface area contributed by atoms with Crippen molar-refractivity contribution in [2.75, 3.05) is 39.1 Å². The predicted molar refractivity (Wildman–Crippen MR) is 74.9 cm³/mol. The minimum absolute atomic E-state index is 0.0602. The summed E-state index contributed by atoms with van der Waals surface area (Å²) in [6, 6.07) is 4.39. The molecule has 0 aromatic heterocycles.